The molecule has 0 aliphatic heterocycles. The summed E-state index contributed by atoms with van der Waals surface area (Å²) < 4.78 is 0. The minimum atomic E-state index is -2.11. The second-order valence-electron chi connectivity index (χ2n) is 4.22. The van der Waals surface area contributed by atoms with Crippen LogP contribution in [0, 0.1) is 0 Å². The summed E-state index contributed by atoms with van der Waals surface area (Å²) in [7, 11) is 0. The average Bonchev–Trinajstić information content (AvgIpc) is 2.32. The number of allylic oxidation sites excluding steroid dienone is 2. The zero-order valence-corrected chi connectivity index (χ0v) is 9.58. The fraction of sp³-hybridized carbons (Fsp3) is 0.154. The third-order valence-corrected chi connectivity index (χ3v) is 2.77. The van der Waals surface area contributed by atoms with Crippen LogP contribution in [0.2, 0.25) is 0 Å². The van der Waals surface area contributed by atoms with Crippen LogP contribution < -0.4 is 11.5 Å². The molecule has 6 N–H and O–H groups in total. The van der Waals surface area contributed by atoms with Crippen molar-refractivity contribution < 1.29 is 15.0 Å². The minimum Gasteiger partial charge on any atom is -0.399 e. The first-order valence-corrected chi connectivity index (χ1v) is 5.42. The van der Waals surface area contributed by atoms with Gasteiger partial charge in [0.05, 0.1) is 6.04 Å². The number of hydrogen-bond acceptors (Lipinski definition) is 5. The van der Waals surface area contributed by atoms with Gasteiger partial charge in [0.1, 0.15) is 0 Å². The van der Waals surface area contributed by atoms with E-state index < -0.39 is 11.8 Å². The van der Waals surface area contributed by atoms with E-state index in [2.05, 4.69) is 0 Å². The molecule has 1 unspecified atom stereocenters. The zero-order valence-electron chi connectivity index (χ0n) is 9.58. The number of hydrogen-bond donors (Lipinski definition) is 4. The molecule has 18 heavy (non-hydrogen) atoms. The molecule has 1 aliphatic rings. The Morgan fingerprint density at radius 1 is 1.33 bits per heavy atom. The zero-order chi connectivity index (χ0) is 13.3. The van der Waals surface area contributed by atoms with Crippen molar-refractivity contribution in [3.63, 3.8) is 0 Å². The second kappa shape index (κ2) is 4.38. The van der Waals surface area contributed by atoms with Crippen LogP contribution in [0.1, 0.15) is 10.4 Å². The maximum absolute atomic E-state index is 12.1. The highest BCUT2D eigenvalue weighted by Crippen LogP contribution is 2.21. The Kier molecular flexibility index (Phi) is 3.04. The van der Waals surface area contributed by atoms with Crippen molar-refractivity contribution in [3.05, 3.63) is 53.6 Å². The van der Waals surface area contributed by atoms with Crippen molar-refractivity contribution in [3.8, 4) is 0 Å². The van der Waals surface area contributed by atoms with Gasteiger partial charge in [-0.15, -0.1) is 0 Å². The second-order valence-corrected chi connectivity index (χ2v) is 4.22. The minimum absolute atomic E-state index is 0.260. The van der Waals surface area contributed by atoms with Gasteiger partial charge >= 0.3 is 0 Å². The fourth-order valence-electron chi connectivity index (χ4n) is 1.69. The van der Waals surface area contributed by atoms with E-state index in [0.29, 0.717) is 16.8 Å². The molecule has 1 aromatic carbocycles. The monoisotopic (exact) mass is 246 g/mol. The summed E-state index contributed by atoms with van der Waals surface area (Å²) >= 11 is 0. The van der Waals surface area contributed by atoms with Gasteiger partial charge in [-0.3, -0.25) is 4.79 Å². The van der Waals surface area contributed by atoms with E-state index in [1.54, 1.807) is 24.3 Å². The van der Waals surface area contributed by atoms with Crippen molar-refractivity contribution in [2.24, 2.45) is 5.73 Å². The molecule has 0 spiro atoms. The van der Waals surface area contributed by atoms with Crippen LogP contribution in [0.3, 0.4) is 0 Å². The van der Waals surface area contributed by atoms with Crippen LogP contribution in [0.5, 0.6) is 0 Å². The van der Waals surface area contributed by atoms with Crippen LogP contribution in [0.15, 0.2) is 48.1 Å². The molecule has 0 bridgehead atoms. The molecule has 1 aromatic rings. The van der Waals surface area contributed by atoms with Gasteiger partial charge in [0, 0.05) is 16.8 Å². The van der Waals surface area contributed by atoms with Crippen molar-refractivity contribution in [2.45, 2.75) is 11.8 Å². The van der Waals surface area contributed by atoms with Gasteiger partial charge in [0.2, 0.25) is 5.79 Å². The SMILES string of the molecule is Nc1cccc(C(=O)C2=CC(N)C(O)(O)C=C2)c1. The van der Waals surface area contributed by atoms with Crippen LogP contribution in [0.25, 0.3) is 0 Å². The van der Waals surface area contributed by atoms with Crippen molar-refractivity contribution in [1.29, 1.82) is 0 Å². The molecule has 0 saturated carbocycles. The van der Waals surface area contributed by atoms with E-state index in [0.717, 1.165) is 6.08 Å². The first-order chi connectivity index (χ1) is 8.40. The Morgan fingerprint density at radius 2 is 2.06 bits per heavy atom. The molecule has 2 rings (SSSR count). The first kappa shape index (κ1) is 12.5. The highest BCUT2D eigenvalue weighted by molar-refractivity contribution is 6.11. The molecular formula is C13H14N2O3. The van der Waals surface area contributed by atoms with Crippen LogP contribution in [-0.2, 0) is 0 Å². The van der Waals surface area contributed by atoms with Crippen LogP contribution in [0.4, 0.5) is 5.69 Å². The lowest BCUT2D eigenvalue weighted by atomic mass is 9.93. The van der Waals surface area contributed by atoms with E-state index in [1.807, 2.05) is 0 Å². The Bertz CT molecular complexity index is 547. The molecule has 0 amide bonds. The van der Waals surface area contributed by atoms with Crippen molar-refractivity contribution >= 4 is 11.5 Å². The molecule has 0 heterocycles. The number of nitrogen functional groups attached to an aromatic ring is 1. The summed E-state index contributed by atoms with van der Waals surface area (Å²) in [4.78, 5) is 12.1. The predicted octanol–water partition coefficient (Wildman–Crippen LogP) is -0.0441. The Labute approximate surface area is 104 Å². The highest BCUT2D eigenvalue weighted by atomic mass is 16.5. The van der Waals surface area contributed by atoms with Gasteiger partial charge in [-0.2, -0.15) is 0 Å². The summed E-state index contributed by atoms with van der Waals surface area (Å²) in [5.41, 5.74) is 12.4. The number of ketones is 1. The first-order valence-electron chi connectivity index (χ1n) is 5.42. The highest BCUT2D eigenvalue weighted by Gasteiger charge is 2.31. The van der Waals surface area contributed by atoms with Crippen LogP contribution >= 0.6 is 0 Å². The lowest BCUT2D eigenvalue weighted by Crippen LogP contribution is -2.46. The molecule has 0 aromatic heterocycles. The Hall–Kier alpha value is -1.95. The third-order valence-electron chi connectivity index (χ3n) is 2.77. The Balaban J connectivity index is 2.29. The normalized spacial score (nSPS) is 21.5. The van der Waals surface area contributed by atoms with E-state index in [9.17, 15) is 15.0 Å². The van der Waals surface area contributed by atoms with Crippen molar-refractivity contribution in [2.75, 3.05) is 5.73 Å². The van der Waals surface area contributed by atoms with E-state index in [1.165, 1.54) is 12.2 Å². The van der Waals surface area contributed by atoms with E-state index in [-0.39, 0.29) is 5.78 Å². The smallest absolute Gasteiger partial charge is 0.202 e. The van der Waals surface area contributed by atoms with Gasteiger partial charge in [0.25, 0.3) is 0 Å². The van der Waals surface area contributed by atoms with Gasteiger partial charge in [-0.25, -0.2) is 0 Å². The molecule has 0 saturated heterocycles. The number of carbonyl (C=O) groups excluding carboxylic acids is 1. The third kappa shape index (κ3) is 2.33. The number of benzene rings is 1. The quantitative estimate of drug-likeness (QED) is 0.332. The number of Topliss-reactive ketones (excluding diaryl/α,β-unsaturated/α-hetero) is 1. The number of aliphatic hydroxyl groups is 2. The summed E-state index contributed by atoms with van der Waals surface area (Å²) in [6, 6.07) is 5.52. The molecule has 0 fully saturated rings. The Morgan fingerprint density at radius 3 is 2.67 bits per heavy atom. The largest absolute Gasteiger partial charge is 0.399 e. The van der Waals surface area contributed by atoms with Gasteiger partial charge in [-0.1, -0.05) is 18.2 Å². The molecule has 0 radical (unpaired) electrons. The molecule has 1 aliphatic carbocycles. The molecule has 1 atom stereocenters. The molecular weight excluding hydrogens is 232 g/mol. The maximum atomic E-state index is 12.1. The number of nitrogens with two attached hydrogens (primary N) is 2. The van der Waals surface area contributed by atoms with Gasteiger partial charge in [-0.05, 0) is 24.3 Å². The molecule has 5 heteroatoms. The number of rotatable bonds is 2. The average molecular weight is 246 g/mol. The molecule has 94 valence electrons. The summed E-state index contributed by atoms with van der Waals surface area (Å²) in [6.45, 7) is 0. The summed E-state index contributed by atoms with van der Waals surface area (Å²) in [5, 5.41) is 18.9. The summed E-state index contributed by atoms with van der Waals surface area (Å²) in [6.07, 6.45) is 3.76. The molecule has 5 nitrogen and oxygen atoms in total. The lowest BCUT2D eigenvalue weighted by molar-refractivity contribution is -0.126. The lowest BCUT2D eigenvalue weighted by Gasteiger charge is -2.26. The van der Waals surface area contributed by atoms with Crippen LogP contribution in [-0.4, -0.2) is 27.8 Å². The van der Waals surface area contributed by atoms with Gasteiger partial charge < -0.3 is 21.7 Å². The predicted molar refractivity (Wildman–Crippen MR) is 67.6 cm³/mol. The van der Waals surface area contributed by atoms with Crippen molar-refractivity contribution in [1.82, 2.24) is 0 Å². The van der Waals surface area contributed by atoms with E-state index >= 15 is 0 Å². The fourth-order valence-corrected chi connectivity index (χ4v) is 1.69. The van der Waals surface area contributed by atoms with E-state index in [4.69, 9.17) is 11.5 Å². The summed E-state index contributed by atoms with van der Waals surface area (Å²) in [5.74, 6) is -2.37. The topological polar surface area (TPSA) is 110 Å². The standard InChI is InChI=1S/C13H14N2O3/c14-10-3-1-2-8(6-10)12(16)9-4-5-13(17,18)11(15)7-9/h1-7,11,17-18H,14-15H2. The number of anilines is 1. The number of carbonyl (C=O) groups is 1. The van der Waals surface area contributed by atoms with Gasteiger partial charge in [0.15, 0.2) is 5.78 Å². The maximum Gasteiger partial charge on any atom is 0.202 e.